The zero-order chi connectivity index (χ0) is 22.8. The van der Waals surface area contributed by atoms with Crippen molar-refractivity contribution < 1.29 is 23.6 Å². The first-order chi connectivity index (χ1) is 15.4. The van der Waals surface area contributed by atoms with Crippen LogP contribution in [0.2, 0.25) is 0 Å². The van der Waals surface area contributed by atoms with Gasteiger partial charge in [0.2, 0.25) is 5.91 Å². The van der Waals surface area contributed by atoms with Gasteiger partial charge in [-0.3, -0.25) is 4.79 Å². The van der Waals surface area contributed by atoms with Gasteiger partial charge >= 0.3 is 5.97 Å². The Morgan fingerprint density at radius 3 is 2.66 bits per heavy atom. The molecular formula is C25H26N2O5. The van der Waals surface area contributed by atoms with Crippen molar-refractivity contribution >= 4 is 11.9 Å². The Morgan fingerprint density at radius 1 is 1.16 bits per heavy atom. The predicted molar refractivity (Wildman–Crippen MR) is 119 cm³/mol. The Balaban J connectivity index is 1.51. The molecule has 4 rings (SSSR count). The Kier molecular flexibility index (Phi) is 5.99. The normalized spacial score (nSPS) is 14.6. The molecule has 2 heterocycles. The number of carbonyl (C=O) groups is 2. The number of nitrogens with one attached hydrogen (secondary N) is 1. The Hall–Kier alpha value is -3.61. The molecule has 1 aromatic heterocycles. The number of hydrogen-bond acceptors (Lipinski definition) is 6. The molecule has 1 amide bonds. The van der Waals surface area contributed by atoms with Gasteiger partial charge in [-0.1, -0.05) is 29.4 Å². The van der Waals surface area contributed by atoms with E-state index in [2.05, 4.69) is 16.5 Å². The first-order valence-electron chi connectivity index (χ1n) is 10.5. The van der Waals surface area contributed by atoms with Crippen LogP contribution in [0.4, 0.5) is 0 Å². The first-order valence-corrected chi connectivity index (χ1v) is 10.5. The van der Waals surface area contributed by atoms with Crippen LogP contribution in [0.5, 0.6) is 5.75 Å². The van der Waals surface area contributed by atoms with Crippen molar-refractivity contribution in [2.75, 3.05) is 13.7 Å². The van der Waals surface area contributed by atoms with Crippen molar-refractivity contribution in [3.05, 3.63) is 70.1 Å². The molecule has 0 unspecified atom stereocenters. The molecule has 0 fully saturated rings. The van der Waals surface area contributed by atoms with Crippen LogP contribution in [0, 0.1) is 20.8 Å². The largest absolute Gasteiger partial charge is 0.487 e. The number of rotatable bonds is 6. The molecule has 0 radical (unpaired) electrons. The van der Waals surface area contributed by atoms with E-state index < -0.39 is 5.97 Å². The van der Waals surface area contributed by atoms with Crippen molar-refractivity contribution in [2.24, 2.45) is 0 Å². The van der Waals surface area contributed by atoms with Gasteiger partial charge in [-0.15, -0.1) is 0 Å². The fourth-order valence-electron chi connectivity index (χ4n) is 4.12. The number of esters is 1. The number of ether oxygens (including phenoxy) is 2. The van der Waals surface area contributed by atoms with E-state index >= 15 is 0 Å². The summed E-state index contributed by atoms with van der Waals surface area (Å²) in [6.07, 6.45) is 0.706. The lowest BCUT2D eigenvalue weighted by molar-refractivity contribution is -0.120. The number of amides is 1. The smallest absolute Gasteiger partial charge is 0.338 e. The van der Waals surface area contributed by atoms with E-state index in [1.54, 1.807) is 13.0 Å². The van der Waals surface area contributed by atoms with Crippen LogP contribution in [0.1, 0.15) is 38.5 Å². The lowest BCUT2D eigenvalue weighted by Gasteiger charge is -2.15. The molecule has 0 spiro atoms. The van der Waals surface area contributed by atoms with Crippen LogP contribution < -0.4 is 10.1 Å². The number of hydrogen-bond donors (Lipinski definition) is 1. The van der Waals surface area contributed by atoms with Gasteiger partial charge in [0, 0.05) is 17.5 Å². The van der Waals surface area contributed by atoms with Crippen LogP contribution >= 0.6 is 0 Å². The van der Waals surface area contributed by atoms with Gasteiger partial charge in [-0.2, -0.15) is 0 Å². The van der Waals surface area contributed by atoms with Crippen LogP contribution in [0.25, 0.3) is 11.1 Å². The van der Waals surface area contributed by atoms with Gasteiger partial charge in [0.05, 0.1) is 31.3 Å². The molecule has 3 aromatic rings. The summed E-state index contributed by atoms with van der Waals surface area (Å²) in [5.41, 5.74) is 5.78. The summed E-state index contributed by atoms with van der Waals surface area (Å²) >= 11 is 0. The molecule has 7 heteroatoms. The topological polar surface area (TPSA) is 90.7 Å². The first kappa shape index (κ1) is 21.6. The summed E-state index contributed by atoms with van der Waals surface area (Å²) in [6.45, 7) is 6.03. The van der Waals surface area contributed by atoms with Crippen LogP contribution in [0.15, 0.2) is 40.9 Å². The molecule has 0 aliphatic carbocycles. The van der Waals surface area contributed by atoms with Crippen molar-refractivity contribution in [1.82, 2.24) is 10.5 Å². The molecule has 32 heavy (non-hydrogen) atoms. The Labute approximate surface area is 186 Å². The summed E-state index contributed by atoms with van der Waals surface area (Å²) < 4.78 is 16.3. The number of nitrogens with zero attached hydrogens (tertiary/aromatic N) is 1. The number of carbonyl (C=O) groups excluding carboxylic acids is 2. The molecular weight excluding hydrogens is 408 g/mol. The zero-order valence-electron chi connectivity index (χ0n) is 18.7. The number of fused-ring (bicyclic) bond motifs is 1. The third kappa shape index (κ3) is 4.23. The van der Waals surface area contributed by atoms with Gasteiger partial charge < -0.3 is 19.3 Å². The van der Waals surface area contributed by atoms with E-state index in [0.29, 0.717) is 24.3 Å². The highest BCUT2D eigenvalue weighted by atomic mass is 16.5. The maximum absolute atomic E-state index is 12.5. The van der Waals surface area contributed by atoms with E-state index in [4.69, 9.17) is 14.0 Å². The van der Waals surface area contributed by atoms with Crippen LogP contribution in [-0.2, 0) is 22.4 Å². The number of benzene rings is 2. The van der Waals surface area contributed by atoms with Gasteiger partial charge in [-0.05, 0) is 49.6 Å². The number of aromatic nitrogens is 1. The summed E-state index contributed by atoms with van der Waals surface area (Å²) in [6, 6.07) is 11.4. The fourth-order valence-corrected chi connectivity index (χ4v) is 4.12. The van der Waals surface area contributed by atoms with E-state index in [1.165, 1.54) is 7.11 Å². The summed E-state index contributed by atoms with van der Waals surface area (Å²) in [7, 11) is 1.37. The highest BCUT2D eigenvalue weighted by molar-refractivity contribution is 5.98. The lowest BCUT2D eigenvalue weighted by atomic mass is 9.94. The fraction of sp³-hybridized carbons (Fsp3) is 0.320. The quantitative estimate of drug-likeness (QED) is 0.595. The zero-order valence-corrected chi connectivity index (χ0v) is 18.7. The molecule has 1 aliphatic heterocycles. The predicted octanol–water partition coefficient (Wildman–Crippen LogP) is 3.72. The third-order valence-corrected chi connectivity index (χ3v) is 5.71. The molecule has 1 N–H and O–H groups in total. The lowest BCUT2D eigenvalue weighted by Crippen LogP contribution is -2.35. The minimum absolute atomic E-state index is 0.105. The summed E-state index contributed by atoms with van der Waals surface area (Å²) in [5, 5.41) is 6.85. The molecule has 0 saturated heterocycles. The average molecular weight is 434 g/mol. The third-order valence-electron chi connectivity index (χ3n) is 5.71. The summed E-state index contributed by atoms with van der Waals surface area (Å²) in [5.74, 6) is 0.909. The highest BCUT2D eigenvalue weighted by Crippen LogP contribution is 2.41. The molecule has 2 aromatic carbocycles. The Morgan fingerprint density at radius 2 is 1.94 bits per heavy atom. The minimum atomic E-state index is -0.392. The Bertz CT molecular complexity index is 1160. The van der Waals surface area contributed by atoms with Crippen molar-refractivity contribution in [3.8, 4) is 16.9 Å². The second-order valence-corrected chi connectivity index (χ2v) is 8.07. The van der Waals surface area contributed by atoms with E-state index in [-0.39, 0.29) is 18.4 Å². The average Bonchev–Trinajstić information content (AvgIpc) is 3.34. The number of aryl methyl sites for hydroxylation is 3. The van der Waals surface area contributed by atoms with Gasteiger partial charge in [-0.25, -0.2) is 4.79 Å². The highest BCUT2D eigenvalue weighted by Gasteiger charge is 2.28. The van der Waals surface area contributed by atoms with E-state index in [0.717, 1.165) is 39.3 Å². The van der Waals surface area contributed by atoms with E-state index in [9.17, 15) is 9.59 Å². The van der Waals surface area contributed by atoms with Crippen LogP contribution in [-0.4, -0.2) is 36.8 Å². The molecule has 1 atom stereocenters. The minimum Gasteiger partial charge on any atom is -0.487 e. The number of methoxy groups -OCH3 is 1. The van der Waals surface area contributed by atoms with Gasteiger partial charge in [0.25, 0.3) is 0 Å². The maximum atomic E-state index is 12.5. The van der Waals surface area contributed by atoms with Gasteiger partial charge in [0.1, 0.15) is 17.6 Å². The molecule has 1 aliphatic rings. The van der Waals surface area contributed by atoms with Crippen LogP contribution in [0.3, 0.4) is 0 Å². The standard InChI is InChI=1S/C25H26N2O5/c1-14-9-17-11-18(13-26-23(28)12-21-15(2)27-32-16(21)3)31-24(17)22(10-14)19-7-5-6-8-20(19)25(29)30-4/h5-10,18H,11-13H2,1-4H3,(H,26,28)/t18-/m0/s1. The maximum Gasteiger partial charge on any atom is 0.338 e. The monoisotopic (exact) mass is 434 g/mol. The van der Waals surface area contributed by atoms with Gasteiger partial charge in [0.15, 0.2) is 0 Å². The SMILES string of the molecule is COC(=O)c1ccccc1-c1cc(C)cc2c1O[C@H](CNC(=O)Cc1c(C)noc1C)C2. The molecule has 7 nitrogen and oxygen atoms in total. The van der Waals surface area contributed by atoms with Crippen molar-refractivity contribution in [1.29, 1.82) is 0 Å². The molecule has 0 saturated carbocycles. The van der Waals surface area contributed by atoms with Crippen molar-refractivity contribution in [3.63, 3.8) is 0 Å². The molecule has 0 bridgehead atoms. The second-order valence-electron chi connectivity index (χ2n) is 8.07. The summed E-state index contributed by atoms with van der Waals surface area (Å²) in [4.78, 5) is 24.7. The van der Waals surface area contributed by atoms with E-state index in [1.807, 2.05) is 38.1 Å². The second kappa shape index (κ2) is 8.86. The molecule has 166 valence electrons. The van der Waals surface area contributed by atoms with Crippen molar-refractivity contribution in [2.45, 2.75) is 39.7 Å².